The van der Waals surface area contributed by atoms with E-state index in [2.05, 4.69) is 43.4 Å². The maximum absolute atomic E-state index is 5.00. The molecule has 0 spiro atoms. The predicted molar refractivity (Wildman–Crippen MR) is 76.7 cm³/mol. The Morgan fingerprint density at radius 3 is 2.82 bits per heavy atom. The van der Waals surface area contributed by atoms with Gasteiger partial charge in [0.15, 0.2) is 0 Å². The first-order chi connectivity index (χ1) is 8.24. The summed E-state index contributed by atoms with van der Waals surface area (Å²) in [6.45, 7) is 7.21. The Hall–Kier alpha value is -0.510. The molecular formula is C14H23NOS. The molecule has 0 saturated heterocycles. The van der Waals surface area contributed by atoms with Gasteiger partial charge in [0.05, 0.1) is 6.61 Å². The summed E-state index contributed by atoms with van der Waals surface area (Å²) in [6, 6.07) is 8.61. The van der Waals surface area contributed by atoms with Gasteiger partial charge in [-0.05, 0) is 18.1 Å². The van der Waals surface area contributed by atoms with Crippen LogP contribution in [0.25, 0.3) is 0 Å². The number of hydrogen-bond donors (Lipinski definition) is 1. The zero-order chi connectivity index (χ0) is 12.5. The second kappa shape index (κ2) is 8.56. The summed E-state index contributed by atoms with van der Waals surface area (Å²) in [4.78, 5) is 0. The van der Waals surface area contributed by atoms with Gasteiger partial charge in [0.25, 0.3) is 0 Å². The van der Waals surface area contributed by atoms with E-state index in [4.69, 9.17) is 4.74 Å². The van der Waals surface area contributed by atoms with Gasteiger partial charge in [0.1, 0.15) is 0 Å². The van der Waals surface area contributed by atoms with Gasteiger partial charge in [-0.3, -0.25) is 0 Å². The third-order valence-electron chi connectivity index (χ3n) is 2.70. The van der Waals surface area contributed by atoms with Gasteiger partial charge in [-0.15, -0.1) is 0 Å². The number of methoxy groups -OCH3 is 1. The van der Waals surface area contributed by atoms with Crippen molar-refractivity contribution in [1.82, 2.24) is 5.32 Å². The molecule has 0 bridgehead atoms. The van der Waals surface area contributed by atoms with Gasteiger partial charge in [-0.25, -0.2) is 0 Å². The van der Waals surface area contributed by atoms with E-state index in [1.165, 1.54) is 11.1 Å². The lowest BCUT2D eigenvalue weighted by Crippen LogP contribution is -2.26. The Kier molecular flexibility index (Phi) is 7.33. The van der Waals surface area contributed by atoms with Crippen molar-refractivity contribution in [3.05, 3.63) is 35.4 Å². The van der Waals surface area contributed by atoms with Crippen molar-refractivity contribution >= 4 is 11.8 Å². The van der Waals surface area contributed by atoms with E-state index in [1.54, 1.807) is 7.11 Å². The van der Waals surface area contributed by atoms with Gasteiger partial charge < -0.3 is 10.1 Å². The molecule has 1 rings (SSSR count). The summed E-state index contributed by atoms with van der Waals surface area (Å²) in [5.74, 6) is 1.10. The molecule has 3 heteroatoms. The number of benzene rings is 1. The number of nitrogens with one attached hydrogen (secondary N) is 1. The summed E-state index contributed by atoms with van der Waals surface area (Å²) >= 11 is 2.00. The molecule has 0 amide bonds. The lowest BCUT2D eigenvalue weighted by atomic mass is 10.1. The fourth-order valence-corrected chi connectivity index (χ4v) is 2.57. The first-order valence-corrected chi connectivity index (χ1v) is 7.14. The second-order valence-corrected chi connectivity index (χ2v) is 5.67. The zero-order valence-electron chi connectivity index (χ0n) is 11.0. The lowest BCUT2D eigenvalue weighted by Gasteiger charge is -2.13. The SMILES string of the molecule is COCCNCC(C)SCc1ccccc1C. The van der Waals surface area contributed by atoms with Crippen LogP contribution in [0.1, 0.15) is 18.1 Å². The number of thioether (sulfide) groups is 1. The molecule has 1 aromatic carbocycles. The first kappa shape index (κ1) is 14.6. The van der Waals surface area contributed by atoms with Crippen LogP contribution in [0.15, 0.2) is 24.3 Å². The standard InChI is InChI=1S/C14H23NOS/c1-12-6-4-5-7-14(12)11-17-13(2)10-15-8-9-16-3/h4-7,13,15H,8-11H2,1-3H3. The zero-order valence-corrected chi connectivity index (χ0v) is 11.8. The molecule has 1 unspecified atom stereocenters. The molecule has 0 radical (unpaired) electrons. The molecule has 0 heterocycles. The molecule has 0 aliphatic rings. The Bertz CT molecular complexity index is 317. The van der Waals surface area contributed by atoms with E-state index in [9.17, 15) is 0 Å². The van der Waals surface area contributed by atoms with Crippen LogP contribution in [-0.2, 0) is 10.5 Å². The first-order valence-electron chi connectivity index (χ1n) is 6.09. The average molecular weight is 253 g/mol. The molecule has 2 nitrogen and oxygen atoms in total. The maximum Gasteiger partial charge on any atom is 0.0587 e. The van der Waals surface area contributed by atoms with Crippen LogP contribution in [0.5, 0.6) is 0 Å². The minimum Gasteiger partial charge on any atom is -0.383 e. The number of aryl methyl sites for hydroxylation is 1. The minimum atomic E-state index is 0.631. The van der Waals surface area contributed by atoms with Gasteiger partial charge in [-0.1, -0.05) is 31.2 Å². The third-order valence-corrected chi connectivity index (χ3v) is 3.91. The van der Waals surface area contributed by atoms with E-state index >= 15 is 0 Å². The Morgan fingerprint density at radius 2 is 2.12 bits per heavy atom. The predicted octanol–water partition coefficient (Wildman–Crippen LogP) is 2.85. The van der Waals surface area contributed by atoms with Crippen LogP contribution in [0.2, 0.25) is 0 Å². The summed E-state index contributed by atoms with van der Waals surface area (Å²) in [6.07, 6.45) is 0. The topological polar surface area (TPSA) is 21.3 Å². The van der Waals surface area contributed by atoms with Crippen LogP contribution in [0.4, 0.5) is 0 Å². The van der Waals surface area contributed by atoms with Gasteiger partial charge >= 0.3 is 0 Å². The average Bonchev–Trinajstić information content (AvgIpc) is 2.34. The van der Waals surface area contributed by atoms with Gasteiger partial charge in [-0.2, -0.15) is 11.8 Å². The smallest absolute Gasteiger partial charge is 0.0587 e. The number of ether oxygens (including phenoxy) is 1. The van der Waals surface area contributed by atoms with Crippen molar-refractivity contribution in [2.75, 3.05) is 26.8 Å². The third kappa shape index (κ3) is 6.10. The van der Waals surface area contributed by atoms with Crippen LogP contribution < -0.4 is 5.32 Å². The molecule has 0 saturated carbocycles. The molecule has 0 aliphatic carbocycles. The number of rotatable bonds is 8. The van der Waals surface area contributed by atoms with Crippen molar-refractivity contribution in [3.8, 4) is 0 Å². The van der Waals surface area contributed by atoms with Crippen molar-refractivity contribution < 1.29 is 4.74 Å². The minimum absolute atomic E-state index is 0.631. The fraction of sp³-hybridized carbons (Fsp3) is 0.571. The summed E-state index contributed by atoms with van der Waals surface area (Å²) in [7, 11) is 1.73. The van der Waals surface area contributed by atoms with E-state index < -0.39 is 0 Å². The van der Waals surface area contributed by atoms with E-state index in [0.717, 1.165) is 25.4 Å². The van der Waals surface area contributed by atoms with Crippen molar-refractivity contribution in [3.63, 3.8) is 0 Å². The molecule has 0 fully saturated rings. The monoisotopic (exact) mass is 253 g/mol. The fourth-order valence-electron chi connectivity index (χ4n) is 1.54. The maximum atomic E-state index is 5.00. The quantitative estimate of drug-likeness (QED) is 0.720. The Balaban J connectivity index is 2.19. The number of hydrogen-bond acceptors (Lipinski definition) is 3. The van der Waals surface area contributed by atoms with Crippen molar-refractivity contribution in [2.24, 2.45) is 0 Å². The van der Waals surface area contributed by atoms with E-state index in [0.29, 0.717) is 5.25 Å². The lowest BCUT2D eigenvalue weighted by molar-refractivity contribution is 0.199. The highest BCUT2D eigenvalue weighted by Crippen LogP contribution is 2.19. The molecule has 0 aromatic heterocycles. The van der Waals surface area contributed by atoms with Gasteiger partial charge in [0, 0.05) is 31.2 Å². The molecule has 1 N–H and O–H groups in total. The summed E-state index contributed by atoms with van der Waals surface area (Å²) in [5.41, 5.74) is 2.83. The Morgan fingerprint density at radius 1 is 1.35 bits per heavy atom. The second-order valence-electron chi connectivity index (χ2n) is 4.25. The highest BCUT2D eigenvalue weighted by atomic mass is 32.2. The molecule has 17 heavy (non-hydrogen) atoms. The highest BCUT2D eigenvalue weighted by molar-refractivity contribution is 7.99. The van der Waals surface area contributed by atoms with Gasteiger partial charge in [0.2, 0.25) is 0 Å². The van der Waals surface area contributed by atoms with E-state index in [1.807, 2.05) is 11.8 Å². The molecule has 1 aromatic rings. The Labute approximate surface area is 109 Å². The normalized spacial score (nSPS) is 12.6. The van der Waals surface area contributed by atoms with Crippen LogP contribution in [0, 0.1) is 6.92 Å². The van der Waals surface area contributed by atoms with E-state index in [-0.39, 0.29) is 0 Å². The largest absolute Gasteiger partial charge is 0.383 e. The summed E-state index contributed by atoms with van der Waals surface area (Å²) in [5, 5.41) is 4.02. The molecular weight excluding hydrogens is 230 g/mol. The molecule has 1 atom stereocenters. The van der Waals surface area contributed by atoms with Crippen LogP contribution >= 0.6 is 11.8 Å². The van der Waals surface area contributed by atoms with Crippen LogP contribution in [0.3, 0.4) is 0 Å². The summed E-state index contributed by atoms with van der Waals surface area (Å²) < 4.78 is 5.00. The van der Waals surface area contributed by atoms with Crippen molar-refractivity contribution in [1.29, 1.82) is 0 Å². The van der Waals surface area contributed by atoms with Crippen LogP contribution in [-0.4, -0.2) is 32.1 Å². The van der Waals surface area contributed by atoms with Crippen molar-refractivity contribution in [2.45, 2.75) is 24.9 Å². The molecule has 0 aliphatic heterocycles. The molecule has 96 valence electrons. The highest BCUT2D eigenvalue weighted by Gasteiger charge is 2.03.